The summed E-state index contributed by atoms with van der Waals surface area (Å²) in [5.41, 5.74) is 1.31. The number of benzene rings is 1. The molecule has 0 fully saturated rings. The monoisotopic (exact) mass is 333 g/mol. The van der Waals surface area contributed by atoms with Crippen LogP contribution >= 0.6 is 11.6 Å². The molecule has 0 radical (unpaired) electrons. The van der Waals surface area contributed by atoms with E-state index in [-0.39, 0.29) is 24.2 Å². The van der Waals surface area contributed by atoms with Gasteiger partial charge in [0.05, 0.1) is 18.4 Å². The Morgan fingerprint density at radius 3 is 3.00 bits per heavy atom. The summed E-state index contributed by atoms with van der Waals surface area (Å²) >= 11 is 6.17. The van der Waals surface area contributed by atoms with Crippen LogP contribution in [0.15, 0.2) is 34.9 Å². The molecule has 1 aromatic heterocycles. The van der Waals surface area contributed by atoms with Crippen LogP contribution < -0.4 is 10.1 Å². The molecule has 5 nitrogen and oxygen atoms in total. The van der Waals surface area contributed by atoms with Crippen molar-refractivity contribution < 1.29 is 18.7 Å². The lowest BCUT2D eigenvalue weighted by atomic mass is 10.0. The first kappa shape index (κ1) is 15.6. The van der Waals surface area contributed by atoms with Crippen LogP contribution in [-0.2, 0) is 11.3 Å². The summed E-state index contributed by atoms with van der Waals surface area (Å²) in [6.07, 6.45) is 1.96. The second-order valence-electron chi connectivity index (χ2n) is 5.51. The average Bonchev–Trinajstić information content (AvgIpc) is 3.13. The molecule has 1 aliphatic carbocycles. The summed E-state index contributed by atoms with van der Waals surface area (Å²) in [5, 5.41) is 3.25. The largest absolute Gasteiger partial charge is 0.483 e. The van der Waals surface area contributed by atoms with Crippen LogP contribution in [0.4, 0.5) is 0 Å². The molecule has 0 bridgehead atoms. The molecule has 0 saturated carbocycles. The molecule has 120 valence electrons. The van der Waals surface area contributed by atoms with E-state index in [1.54, 1.807) is 30.5 Å². The zero-order valence-corrected chi connectivity index (χ0v) is 13.4. The van der Waals surface area contributed by atoms with Gasteiger partial charge in [-0.2, -0.15) is 0 Å². The molecule has 0 spiro atoms. The van der Waals surface area contributed by atoms with Gasteiger partial charge in [-0.25, -0.2) is 0 Å². The standard InChI is InChI=1S/C17H16ClNO4/c1-10-7-13(20)17-14(5-4-12(18)16(10)17)23-9-15(21)19-8-11-3-2-6-22-11/h2-6,10H,7-9H2,1H3,(H,19,21)/t10-/m0/s1. The van der Waals surface area contributed by atoms with E-state index >= 15 is 0 Å². The van der Waals surface area contributed by atoms with Gasteiger partial charge >= 0.3 is 0 Å². The van der Waals surface area contributed by atoms with E-state index < -0.39 is 0 Å². The van der Waals surface area contributed by atoms with Crippen LogP contribution in [-0.4, -0.2) is 18.3 Å². The molecular weight excluding hydrogens is 318 g/mol. The maximum Gasteiger partial charge on any atom is 0.258 e. The van der Waals surface area contributed by atoms with Gasteiger partial charge < -0.3 is 14.5 Å². The summed E-state index contributed by atoms with van der Waals surface area (Å²) in [6, 6.07) is 6.86. The number of hydrogen-bond acceptors (Lipinski definition) is 4. The summed E-state index contributed by atoms with van der Waals surface area (Å²) in [6.45, 7) is 2.08. The van der Waals surface area contributed by atoms with Crippen molar-refractivity contribution >= 4 is 23.3 Å². The quantitative estimate of drug-likeness (QED) is 0.911. The highest BCUT2D eigenvalue weighted by Crippen LogP contribution is 2.42. The van der Waals surface area contributed by atoms with Gasteiger partial charge in [0.25, 0.3) is 5.91 Å². The van der Waals surface area contributed by atoms with Crippen LogP contribution in [0.25, 0.3) is 0 Å². The van der Waals surface area contributed by atoms with E-state index in [9.17, 15) is 9.59 Å². The summed E-state index contributed by atoms with van der Waals surface area (Å²) < 4.78 is 10.7. The van der Waals surface area contributed by atoms with Crippen molar-refractivity contribution in [2.45, 2.75) is 25.8 Å². The van der Waals surface area contributed by atoms with E-state index in [4.69, 9.17) is 20.8 Å². The number of rotatable bonds is 5. The first-order valence-corrected chi connectivity index (χ1v) is 7.71. The van der Waals surface area contributed by atoms with Crippen LogP contribution in [0.1, 0.15) is 40.9 Å². The molecule has 1 atom stereocenters. The highest BCUT2D eigenvalue weighted by molar-refractivity contribution is 6.32. The minimum atomic E-state index is -0.288. The lowest BCUT2D eigenvalue weighted by Crippen LogP contribution is -2.28. The maximum atomic E-state index is 12.1. The van der Waals surface area contributed by atoms with Crippen LogP contribution in [0.2, 0.25) is 5.02 Å². The van der Waals surface area contributed by atoms with Gasteiger partial charge in [0.2, 0.25) is 0 Å². The van der Waals surface area contributed by atoms with Gasteiger partial charge in [0.15, 0.2) is 12.4 Å². The minimum absolute atomic E-state index is 0.000920. The number of nitrogens with one attached hydrogen (secondary N) is 1. The Balaban J connectivity index is 1.65. The molecule has 1 aromatic carbocycles. The van der Waals surface area contributed by atoms with Gasteiger partial charge in [-0.3, -0.25) is 9.59 Å². The highest BCUT2D eigenvalue weighted by Gasteiger charge is 2.31. The second-order valence-corrected chi connectivity index (χ2v) is 5.91. The molecule has 2 aromatic rings. The van der Waals surface area contributed by atoms with Crippen molar-refractivity contribution in [1.29, 1.82) is 0 Å². The molecule has 0 unspecified atom stereocenters. The lowest BCUT2D eigenvalue weighted by Gasteiger charge is -2.12. The Kier molecular flexibility index (Phi) is 4.39. The fourth-order valence-electron chi connectivity index (χ4n) is 2.74. The van der Waals surface area contributed by atoms with Gasteiger partial charge in [0, 0.05) is 11.4 Å². The first-order chi connectivity index (χ1) is 11.1. The van der Waals surface area contributed by atoms with E-state index in [0.29, 0.717) is 35.1 Å². The van der Waals surface area contributed by atoms with Crippen LogP contribution in [0.3, 0.4) is 0 Å². The number of ketones is 1. The normalized spacial score (nSPS) is 16.3. The zero-order valence-electron chi connectivity index (χ0n) is 12.6. The number of hydrogen-bond donors (Lipinski definition) is 1. The van der Waals surface area contributed by atoms with Crippen LogP contribution in [0, 0.1) is 0 Å². The lowest BCUT2D eigenvalue weighted by molar-refractivity contribution is -0.123. The Bertz CT molecular complexity index is 739. The topological polar surface area (TPSA) is 68.5 Å². The van der Waals surface area contributed by atoms with Crippen LogP contribution in [0.5, 0.6) is 5.75 Å². The smallest absolute Gasteiger partial charge is 0.258 e. The predicted molar refractivity (Wildman–Crippen MR) is 84.9 cm³/mol. The number of furan rings is 1. The summed E-state index contributed by atoms with van der Waals surface area (Å²) in [4.78, 5) is 24.0. The molecular formula is C17H16ClNO4. The second kappa shape index (κ2) is 6.46. The third-order valence-corrected chi connectivity index (χ3v) is 4.15. The summed E-state index contributed by atoms with van der Waals surface area (Å²) in [5.74, 6) is 0.854. The Labute approximate surface area is 138 Å². The molecule has 1 aliphatic rings. The molecule has 0 aliphatic heterocycles. The molecule has 1 N–H and O–H groups in total. The maximum absolute atomic E-state index is 12.1. The Hall–Kier alpha value is -2.27. The SMILES string of the molecule is C[C@H]1CC(=O)c2c(OCC(=O)NCc3ccco3)ccc(Cl)c21. The van der Waals surface area contributed by atoms with Crippen molar-refractivity contribution in [3.63, 3.8) is 0 Å². The number of fused-ring (bicyclic) bond motifs is 1. The molecule has 1 heterocycles. The number of ether oxygens (including phenoxy) is 1. The average molecular weight is 334 g/mol. The molecule has 6 heteroatoms. The van der Waals surface area contributed by atoms with Crippen molar-refractivity contribution in [1.82, 2.24) is 5.32 Å². The van der Waals surface area contributed by atoms with E-state index in [0.717, 1.165) is 5.56 Å². The zero-order chi connectivity index (χ0) is 16.4. The number of amides is 1. The van der Waals surface area contributed by atoms with Crippen molar-refractivity contribution in [2.75, 3.05) is 6.61 Å². The van der Waals surface area contributed by atoms with Gasteiger partial charge in [-0.15, -0.1) is 0 Å². The third-order valence-electron chi connectivity index (χ3n) is 3.82. The van der Waals surface area contributed by atoms with Gasteiger partial charge in [-0.1, -0.05) is 18.5 Å². The van der Waals surface area contributed by atoms with Crippen molar-refractivity contribution in [2.24, 2.45) is 0 Å². The van der Waals surface area contributed by atoms with Gasteiger partial charge in [0.1, 0.15) is 11.5 Å². The van der Waals surface area contributed by atoms with E-state index in [1.165, 1.54) is 0 Å². The number of carbonyl (C=O) groups is 2. The number of Topliss-reactive ketones (excluding diaryl/α,β-unsaturated/α-hetero) is 1. The minimum Gasteiger partial charge on any atom is -0.483 e. The Morgan fingerprint density at radius 1 is 1.43 bits per heavy atom. The molecule has 1 amide bonds. The fraction of sp³-hybridized carbons (Fsp3) is 0.294. The van der Waals surface area contributed by atoms with E-state index in [2.05, 4.69) is 5.32 Å². The third kappa shape index (κ3) is 3.24. The highest BCUT2D eigenvalue weighted by atomic mass is 35.5. The predicted octanol–water partition coefficient (Wildman–Crippen LogP) is 3.32. The van der Waals surface area contributed by atoms with E-state index in [1.807, 2.05) is 6.92 Å². The molecule has 23 heavy (non-hydrogen) atoms. The number of carbonyl (C=O) groups excluding carboxylic acids is 2. The fourth-order valence-corrected chi connectivity index (χ4v) is 3.08. The van der Waals surface area contributed by atoms with Gasteiger partial charge in [-0.05, 0) is 35.7 Å². The van der Waals surface area contributed by atoms with Crippen molar-refractivity contribution in [3.8, 4) is 5.75 Å². The first-order valence-electron chi connectivity index (χ1n) is 7.33. The number of halogens is 1. The van der Waals surface area contributed by atoms with Crippen molar-refractivity contribution in [3.05, 3.63) is 52.4 Å². The Morgan fingerprint density at radius 2 is 2.26 bits per heavy atom. The molecule has 3 rings (SSSR count). The molecule has 0 saturated heterocycles. The summed E-state index contributed by atoms with van der Waals surface area (Å²) in [7, 11) is 0.